The molecule has 0 saturated carbocycles. The second-order valence-electron chi connectivity index (χ2n) is 6.55. The predicted octanol–water partition coefficient (Wildman–Crippen LogP) is 0.810. The molecular weight excluding hydrogens is 358 g/mol. The molecule has 2 amide bonds. The van der Waals surface area contributed by atoms with E-state index in [-0.39, 0.29) is 23.6 Å². The molecule has 0 aromatic heterocycles. The molecule has 0 radical (unpaired) electrons. The molecule has 1 unspecified atom stereocenters. The van der Waals surface area contributed by atoms with E-state index in [1.807, 2.05) is 0 Å². The number of piperazine rings is 1. The van der Waals surface area contributed by atoms with Gasteiger partial charge in [-0.25, -0.2) is 18.0 Å². The third kappa shape index (κ3) is 4.16. The fourth-order valence-electron chi connectivity index (χ4n) is 3.43. The van der Waals surface area contributed by atoms with Gasteiger partial charge in [0, 0.05) is 32.2 Å². The van der Waals surface area contributed by atoms with Crippen LogP contribution in [0.15, 0.2) is 24.3 Å². The van der Waals surface area contributed by atoms with Crippen molar-refractivity contribution in [1.82, 2.24) is 9.80 Å². The molecule has 2 saturated heterocycles. The van der Waals surface area contributed by atoms with Gasteiger partial charge in [-0.3, -0.25) is 4.90 Å². The number of amides is 2. The number of para-hydroxylation sites is 1. The minimum Gasteiger partial charge on any atom is -0.465 e. The maximum absolute atomic E-state index is 12.5. The Labute approximate surface area is 153 Å². The van der Waals surface area contributed by atoms with E-state index in [1.165, 1.54) is 7.11 Å². The molecule has 1 aromatic rings. The third-order valence-electron chi connectivity index (χ3n) is 4.90. The molecule has 142 valence electrons. The van der Waals surface area contributed by atoms with Gasteiger partial charge in [-0.2, -0.15) is 0 Å². The number of carbonyl (C=O) groups excluding carboxylic acids is 2. The van der Waals surface area contributed by atoms with E-state index in [0.29, 0.717) is 43.9 Å². The first-order valence-corrected chi connectivity index (χ1v) is 10.4. The van der Waals surface area contributed by atoms with Gasteiger partial charge in [0.1, 0.15) is 0 Å². The minimum atomic E-state index is -2.91. The monoisotopic (exact) mass is 381 g/mol. The summed E-state index contributed by atoms with van der Waals surface area (Å²) < 4.78 is 28.0. The van der Waals surface area contributed by atoms with Crippen LogP contribution in [0.5, 0.6) is 0 Å². The van der Waals surface area contributed by atoms with Crippen molar-refractivity contribution in [3.8, 4) is 0 Å². The Hall–Kier alpha value is -2.13. The molecule has 1 N–H and O–H groups in total. The summed E-state index contributed by atoms with van der Waals surface area (Å²) in [5.74, 6) is -0.0397. The highest BCUT2D eigenvalue weighted by atomic mass is 32.2. The number of nitrogens with one attached hydrogen (secondary N) is 1. The number of benzene rings is 1. The van der Waals surface area contributed by atoms with Crippen molar-refractivity contribution in [3.05, 3.63) is 29.8 Å². The second kappa shape index (κ2) is 7.63. The quantitative estimate of drug-likeness (QED) is 0.779. The van der Waals surface area contributed by atoms with Gasteiger partial charge in [0.2, 0.25) is 0 Å². The van der Waals surface area contributed by atoms with Crippen LogP contribution in [0.3, 0.4) is 0 Å². The Morgan fingerprint density at radius 3 is 2.46 bits per heavy atom. The first kappa shape index (κ1) is 18.7. The summed E-state index contributed by atoms with van der Waals surface area (Å²) in [4.78, 5) is 28.1. The molecular formula is C17H23N3O5S. The van der Waals surface area contributed by atoms with Crippen molar-refractivity contribution in [1.29, 1.82) is 0 Å². The Balaban J connectivity index is 1.57. The van der Waals surface area contributed by atoms with E-state index < -0.39 is 15.8 Å². The standard InChI is InChI=1S/C17H23N3O5S/c1-25-16(21)14-4-2-3-5-15(14)18-17(22)20-9-7-19(8-10-20)13-6-11-26(23,24)12-13/h2-5,13H,6-12H2,1H3,(H,18,22). The number of ether oxygens (including phenoxy) is 1. The average molecular weight is 381 g/mol. The number of carbonyl (C=O) groups is 2. The van der Waals surface area contributed by atoms with Gasteiger partial charge in [0.25, 0.3) is 0 Å². The van der Waals surface area contributed by atoms with Crippen LogP contribution in [0.2, 0.25) is 0 Å². The molecule has 1 aromatic carbocycles. The first-order valence-electron chi connectivity index (χ1n) is 8.57. The average Bonchev–Trinajstić information content (AvgIpc) is 3.01. The first-order chi connectivity index (χ1) is 12.4. The summed E-state index contributed by atoms with van der Waals surface area (Å²) in [7, 11) is -1.61. The van der Waals surface area contributed by atoms with Crippen molar-refractivity contribution >= 4 is 27.5 Å². The van der Waals surface area contributed by atoms with Crippen LogP contribution in [0, 0.1) is 0 Å². The summed E-state index contributed by atoms with van der Waals surface area (Å²) >= 11 is 0. The van der Waals surface area contributed by atoms with Crippen LogP contribution in [-0.4, -0.2) is 81.1 Å². The van der Waals surface area contributed by atoms with E-state index >= 15 is 0 Å². The van der Waals surface area contributed by atoms with Gasteiger partial charge < -0.3 is 15.0 Å². The SMILES string of the molecule is COC(=O)c1ccccc1NC(=O)N1CCN(C2CCS(=O)(=O)C2)CC1. The molecule has 8 nitrogen and oxygen atoms in total. The summed E-state index contributed by atoms with van der Waals surface area (Å²) in [6.07, 6.45) is 0.668. The number of urea groups is 1. The maximum Gasteiger partial charge on any atom is 0.339 e. The van der Waals surface area contributed by atoms with Crippen LogP contribution in [-0.2, 0) is 14.6 Å². The molecule has 1 atom stereocenters. The molecule has 2 aliphatic rings. The minimum absolute atomic E-state index is 0.0604. The largest absolute Gasteiger partial charge is 0.465 e. The van der Waals surface area contributed by atoms with E-state index in [1.54, 1.807) is 29.2 Å². The third-order valence-corrected chi connectivity index (χ3v) is 6.65. The van der Waals surface area contributed by atoms with E-state index in [9.17, 15) is 18.0 Å². The van der Waals surface area contributed by atoms with Crippen molar-refractivity contribution in [3.63, 3.8) is 0 Å². The fraction of sp³-hybridized carbons (Fsp3) is 0.529. The Morgan fingerprint density at radius 1 is 1.15 bits per heavy atom. The summed E-state index contributed by atoms with van der Waals surface area (Å²) in [6, 6.07) is 6.48. The lowest BCUT2D eigenvalue weighted by Crippen LogP contribution is -2.53. The topological polar surface area (TPSA) is 96.0 Å². The molecule has 2 heterocycles. The van der Waals surface area contributed by atoms with Gasteiger partial charge >= 0.3 is 12.0 Å². The van der Waals surface area contributed by atoms with Crippen molar-refractivity contribution in [2.45, 2.75) is 12.5 Å². The van der Waals surface area contributed by atoms with Crippen LogP contribution >= 0.6 is 0 Å². The van der Waals surface area contributed by atoms with Crippen molar-refractivity contribution in [2.24, 2.45) is 0 Å². The van der Waals surface area contributed by atoms with Crippen LogP contribution in [0.25, 0.3) is 0 Å². The van der Waals surface area contributed by atoms with Gasteiger partial charge in [0.15, 0.2) is 9.84 Å². The van der Waals surface area contributed by atoms with Crippen LogP contribution < -0.4 is 5.32 Å². The Kier molecular flexibility index (Phi) is 5.47. The van der Waals surface area contributed by atoms with Crippen LogP contribution in [0.4, 0.5) is 10.5 Å². The highest BCUT2D eigenvalue weighted by Crippen LogP contribution is 2.20. The molecule has 2 aliphatic heterocycles. The number of nitrogens with zero attached hydrogens (tertiary/aromatic N) is 2. The molecule has 0 bridgehead atoms. The zero-order valence-corrected chi connectivity index (χ0v) is 15.5. The molecule has 26 heavy (non-hydrogen) atoms. The van der Waals surface area contributed by atoms with Crippen molar-refractivity contribution in [2.75, 3.05) is 50.1 Å². The number of methoxy groups -OCH3 is 1. The highest BCUT2D eigenvalue weighted by Gasteiger charge is 2.34. The number of hydrogen-bond donors (Lipinski definition) is 1. The maximum atomic E-state index is 12.5. The summed E-state index contributed by atoms with van der Waals surface area (Å²) in [5.41, 5.74) is 0.715. The van der Waals surface area contributed by atoms with Crippen LogP contribution in [0.1, 0.15) is 16.8 Å². The van der Waals surface area contributed by atoms with Gasteiger partial charge in [0.05, 0.1) is 29.9 Å². The normalized spacial score (nSPS) is 22.8. The number of anilines is 1. The Morgan fingerprint density at radius 2 is 1.85 bits per heavy atom. The zero-order chi connectivity index (χ0) is 18.7. The smallest absolute Gasteiger partial charge is 0.339 e. The van der Waals surface area contributed by atoms with Gasteiger partial charge in [-0.15, -0.1) is 0 Å². The fourth-order valence-corrected chi connectivity index (χ4v) is 5.19. The zero-order valence-electron chi connectivity index (χ0n) is 14.7. The lowest BCUT2D eigenvalue weighted by molar-refractivity contribution is 0.0602. The summed E-state index contributed by atoms with van der Waals surface area (Å²) in [5, 5.41) is 2.76. The molecule has 2 fully saturated rings. The van der Waals surface area contributed by atoms with E-state index in [2.05, 4.69) is 10.2 Å². The number of esters is 1. The second-order valence-corrected chi connectivity index (χ2v) is 8.78. The predicted molar refractivity (Wildman–Crippen MR) is 97.0 cm³/mol. The molecule has 9 heteroatoms. The molecule has 3 rings (SSSR count). The summed E-state index contributed by atoms with van der Waals surface area (Å²) in [6.45, 7) is 2.32. The Bertz CT molecular complexity index is 787. The van der Waals surface area contributed by atoms with Gasteiger partial charge in [-0.05, 0) is 18.6 Å². The lowest BCUT2D eigenvalue weighted by Gasteiger charge is -2.37. The number of sulfone groups is 1. The van der Waals surface area contributed by atoms with Crippen molar-refractivity contribution < 1.29 is 22.7 Å². The van der Waals surface area contributed by atoms with E-state index in [0.717, 1.165) is 0 Å². The van der Waals surface area contributed by atoms with Gasteiger partial charge in [-0.1, -0.05) is 12.1 Å². The number of hydrogen-bond acceptors (Lipinski definition) is 6. The molecule has 0 spiro atoms. The highest BCUT2D eigenvalue weighted by molar-refractivity contribution is 7.91. The number of rotatable bonds is 3. The molecule has 0 aliphatic carbocycles. The van der Waals surface area contributed by atoms with E-state index in [4.69, 9.17) is 4.74 Å². The lowest BCUT2D eigenvalue weighted by atomic mass is 10.1.